The third-order valence-electron chi connectivity index (χ3n) is 7.64. The molecule has 0 bridgehead atoms. The van der Waals surface area contributed by atoms with Gasteiger partial charge in [-0.2, -0.15) is 5.10 Å². The summed E-state index contributed by atoms with van der Waals surface area (Å²) in [4.78, 5) is 0. The van der Waals surface area contributed by atoms with Crippen LogP contribution in [-0.4, -0.2) is 41.3 Å². The topological polar surface area (TPSA) is 55.2 Å². The third-order valence-corrected chi connectivity index (χ3v) is 9.47. The lowest BCUT2D eigenvalue weighted by atomic mass is 9.60. The van der Waals surface area contributed by atoms with Crippen LogP contribution in [0.3, 0.4) is 0 Å². The zero-order chi connectivity index (χ0) is 20.4. The van der Waals surface area contributed by atoms with E-state index in [0.29, 0.717) is 13.1 Å². The van der Waals surface area contributed by atoms with E-state index in [1.54, 1.807) is 23.4 Å². The number of sulfonamides is 1. The van der Waals surface area contributed by atoms with Gasteiger partial charge in [-0.3, -0.25) is 0 Å². The quantitative estimate of drug-likeness (QED) is 0.766. The number of hydrogen-bond donors (Lipinski definition) is 0. The molecule has 0 radical (unpaired) electrons. The van der Waals surface area contributed by atoms with Crippen LogP contribution in [0.15, 0.2) is 36.0 Å². The predicted molar refractivity (Wildman–Crippen MR) is 111 cm³/mol. The summed E-state index contributed by atoms with van der Waals surface area (Å²) >= 11 is 0. The van der Waals surface area contributed by atoms with Crippen LogP contribution < -0.4 is 0 Å². The van der Waals surface area contributed by atoms with E-state index in [0.717, 1.165) is 37.1 Å². The van der Waals surface area contributed by atoms with Crippen LogP contribution in [0, 0.1) is 16.6 Å². The fourth-order valence-corrected chi connectivity index (χ4v) is 6.90. The van der Waals surface area contributed by atoms with Crippen molar-refractivity contribution < 1.29 is 12.8 Å². The minimum absolute atomic E-state index is 0.00324. The Balaban J connectivity index is 1.51. The highest BCUT2D eigenvalue weighted by atomic mass is 32.2. The second kappa shape index (κ2) is 6.25. The van der Waals surface area contributed by atoms with Crippen LogP contribution in [0.1, 0.15) is 44.4 Å². The number of hydrogen-bond acceptors (Lipinski definition) is 3. The summed E-state index contributed by atoms with van der Waals surface area (Å²) < 4.78 is 41.8. The zero-order valence-corrected chi connectivity index (χ0v) is 17.7. The molecule has 1 saturated heterocycles. The second-order valence-electron chi connectivity index (χ2n) is 8.89. The number of aromatic nitrogens is 2. The zero-order valence-electron chi connectivity index (χ0n) is 16.9. The van der Waals surface area contributed by atoms with Gasteiger partial charge in [0.15, 0.2) is 0 Å². The van der Waals surface area contributed by atoms with E-state index in [1.807, 2.05) is 10.9 Å². The molecular weight excluding hydrogens is 389 g/mol. The van der Waals surface area contributed by atoms with Crippen molar-refractivity contribution in [3.63, 3.8) is 0 Å². The first kappa shape index (κ1) is 19.0. The molecule has 0 unspecified atom stereocenters. The maximum Gasteiger partial charge on any atom is 0.213 e. The standard InChI is InChI=1S/C22H26FN3O2S/c1-3-29(27,28)25-11-10-22(15-25)9-8-17-12-20-16(13-21(17,22)2)14-24-26(20)19-6-4-18(23)5-7-19/h4-7,12,14H,3,8-11,13,15H2,1-2H3/t21-,22+/m0/s1. The predicted octanol–water partition coefficient (Wildman–Crippen LogP) is 3.79. The van der Waals surface area contributed by atoms with Gasteiger partial charge in [-0.15, -0.1) is 0 Å². The van der Waals surface area contributed by atoms with Crippen molar-refractivity contribution in [3.05, 3.63) is 53.1 Å². The molecule has 1 aliphatic heterocycles. The van der Waals surface area contributed by atoms with E-state index in [9.17, 15) is 12.8 Å². The maximum atomic E-state index is 13.3. The molecule has 2 aromatic rings. The molecule has 1 aromatic heterocycles. The number of benzene rings is 1. The summed E-state index contributed by atoms with van der Waals surface area (Å²) in [5, 5.41) is 4.58. The van der Waals surface area contributed by atoms with Crippen molar-refractivity contribution in [2.24, 2.45) is 10.8 Å². The summed E-state index contributed by atoms with van der Waals surface area (Å²) in [6.45, 7) is 5.28. The Morgan fingerprint density at radius 1 is 1.21 bits per heavy atom. The molecule has 1 saturated carbocycles. The van der Waals surface area contributed by atoms with Crippen LogP contribution in [0.4, 0.5) is 4.39 Å². The Morgan fingerprint density at radius 3 is 2.69 bits per heavy atom. The molecule has 2 fully saturated rings. The van der Waals surface area contributed by atoms with Gasteiger partial charge in [0.2, 0.25) is 10.0 Å². The Hall–Kier alpha value is -1.99. The molecule has 2 aliphatic carbocycles. The lowest BCUT2D eigenvalue weighted by Crippen LogP contribution is -2.42. The second-order valence-corrected chi connectivity index (χ2v) is 11.1. The molecule has 3 aliphatic rings. The fourth-order valence-electron chi connectivity index (χ4n) is 5.72. The van der Waals surface area contributed by atoms with E-state index in [1.165, 1.54) is 23.3 Å². The molecule has 0 amide bonds. The first-order chi connectivity index (χ1) is 13.8. The van der Waals surface area contributed by atoms with Gasteiger partial charge < -0.3 is 0 Å². The van der Waals surface area contributed by atoms with Crippen molar-refractivity contribution >= 4 is 16.1 Å². The van der Waals surface area contributed by atoms with Crippen molar-refractivity contribution in [1.29, 1.82) is 0 Å². The van der Waals surface area contributed by atoms with Gasteiger partial charge in [0.25, 0.3) is 0 Å². The van der Waals surface area contributed by atoms with Crippen LogP contribution in [0.25, 0.3) is 11.8 Å². The third kappa shape index (κ3) is 2.66. The minimum atomic E-state index is -3.16. The van der Waals surface area contributed by atoms with Crippen LogP contribution in [0.2, 0.25) is 0 Å². The highest BCUT2D eigenvalue weighted by molar-refractivity contribution is 7.89. The Bertz CT molecular complexity index is 1110. The highest BCUT2D eigenvalue weighted by Gasteiger charge is 2.59. The fraction of sp³-hybridized carbons (Fsp3) is 0.500. The van der Waals surface area contributed by atoms with Crippen LogP contribution in [0.5, 0.6) is 0 Å². The monoisotopic (exact) mass is 415 g/mol. The Morgan fingerprint density at radius 2 is 1.97 bits per heavy atom. The summed E-state index contributed by atoms with van der Waals surface area (Å²) in [5.74, 6) is -0.0943. The van der Waals surface area contributed by atoms with Gasteiger partial charge in [0, 0.05) is 13.1 Å². The van der Waals surface area contributed by atoms with E-state index in [4.69, 9.17) is 0 Å². The summed E-state index contributed by atoms with van der Waals surface area (Å²) in [7, 11) is -3.16. The lowest BCUT2D eigenvalue weighted by molar-refractivity contribution is 0.132. The van der Waals surface area contributed by atoms with Crippen molar-refractivity contribution in [3.8, 4) is 5.69 Å². The molecule has 1 spiro atoms. The lowest BCUT2D eigenvalue weighted by Gasteiger charge is -2.43. The van der Waals surface area contributed by atoms with Gasteiger partial charge in [0.05, 0.1) is 23.3 Å². The van der Waals surface area contributed by atoms with Gasteiger partial charge in [-0.1, -0.05) is 12.5 Å². The molecule has 5 rings (SSSR count). The van der Waals surface area contributed by atoms with Gasteiger partial charge >= 0.3 is 0 Å². The van der Waals surface area contributed by atoms with Gasteiger partial charge in [0.1, 0.15) is 5.82 Å². The minimum Gasteiger partial charge on any atom is -0.233 e. The molecule has 2 atom stereocenters. The number of allylic oxidation sites excluding steroid dienone is 1. The number of fused-ring (bicyclic) bond motifs is 3. The maximum absolute atomic E-state index is 13.3. The first-order valence-corrected chi connectivity index (χ1v) is 11.9. The smallest absolute Gasteiger partial charge is 0.213 e. The SMILES string of the molecule is CCS(=O)(=O)N1CC[C@]2(CCC3=Cc4c(cnn4-c4ccc(F)cc4)C[C@@]32C)C1. The number of nitrogens with zero attached hydrogens (tertiary/aromatic N) is 3. The summed E-state index contributed by atoms with van der Waals surface area (Å²) in [5.41, 5.74) is 4.44. The molecule has 29 heavy (non-hydrogen) atoms. The van der Waals surface area contributed by atoms with Crippen molar-refractivity contribution in [2.45, 2.75) is 39.5 Å². The Kier molecular flexibility index (Phi) is 4.10. The number of halogens is 1. The number of rotatable bonds is 3. The molecule has 154 valence electrons. The molecule has 0 N–H and O–H groups in total. The van der Waals surface area contributed by atoms with E-state index < -0.39 is 10.0 Å². The molecule has 7 heteroatoms. The van der Waals surface area contributed by atoms with Gasteiger partial charge in [-0.25, -0.2) is 21.8 Å². The van der Waals surface area contributed by atoms with Crippen LogP contribution in [-0.2, 0) is 16.4 Å². The highest BCUT2D eigenvalue weighted by Crippen LogP contribution is 2.63. The van der Waals surface area contributed by atoms with Crippen molar-refractivity contribution in [2.75, 3.05) is 18.8 Å². The summed E-state index contributed by atoms with van der Waals surface area (Å²) in [6.07, 6.45) is 7.97. The average Bonchev–Trinajstić information content (AvgIpc) is 3.38. The summed E-state index contributed by atoms with van der Waals surface area (Å²) in [6, 6.07) is 6.40. The molecule has 5 nitrogen and oxygen atoms in total. The largest absolute Gasteiger partial charge is 0.233 e. The van der Waals surface area contributed by atoms with Crippen LogP contribution >= 0.6 is 0 Å². The average molecular weight is 416 g/mol. The molecular formula is C22H26FN3O2S. The normalized spacial score (nSPS) is 29.1. The first-order valence-electron chi connectivity index (χ1n) is 10.3. The van der Waals surface area contributed by atoms with Crippen molar-refractivity contribution in [1.82, 2.24) is 14.1 Å². The molecule has 1 aromatic carbocycles. The van der Waals surface area contributed by atoms with E-state index in [-0.39, 0.29) is 22.4 Å². The van der Waals surface area contributed by atoms with E-state index >= 15 is 0 Å². The van der Waals surface area contributed by atoms with Gasteiger partial charge in [-0.05, 0) is 79.3 Å². The van der Waals surface area contributed by atoms with E-state index in [2.05, 4.69) is 18.1 Å². The molecule has 2 heterocycles. The Labute approximate surface area is 171 Å².